The van der Waals surface area contributed by atoms with Gasteiger partial charge in [0.2, 0.25) is 5.91 Å². The molecule has 1 fully saturated rings. The summed E-state index contributed by atoms with van der Waals surface area (Å²) in [5, 5.41) is 3.56. The van der Waals surface area contributed by atoms with Gasteiger partial charge in [0, 0.05) is 6.54 Å². The Bertz CT molecular complexity index is 307. The molecular formula is C17H34N2OS. The fraction of sp³-hybridized carbons (Fsp3) is 0.941. The van der Waals surface area contributed by atoms with Crippen LogP contribution in [0, 0.1) is 11.8 Å². The molecule has 1 aliphatic rings. The van der Waals surface area contributed by atoms with Crippen molar-refractivity contribution in [3.05, 3.63) is 0 Å². The molecule has 1 rings (SSSR count). The Hall–Kier alpha value is -0.220. The number of hydrogen-bond donors (Lipinski definition) is 1. The standard InChI is InChI=1S/C17H34N2OS/c1-13(2)12-15-17(20)19(16(18-15)14(3)4)10-8-6-7-9-11-21-5/h13-16,18H,6-12H2,1-5H3. The van der Waals surface area contributed by atoms with Crippen LogP contribution < -0.4 is 5.32 Å². The molecule has 0 aromatic heterocycles. The van der Waals surface area contributed by atoms with E-state index >= 15 is 0 Å². The molecule has 1 aliphatic heterocycles. The van der Waals surface area contributed by atoms with Crippen molar-refractivity contribution in [1.82, 2.24) is 10.2 Å². The number of rotatable bonds is 10. The first-order valence-corrected chi connectivity index (χ1v) is 9.92. The van der Waals surface area contributed by atoms with E-state index in [1.165, 1.54) is 25.0 Å². The van der Waals surface area contributed by atoms with Gasteiger partial charge in [0.1, 0.15) is 0 Å². The Kier molecular flexibility index (Phi) is 8.72. The van der Waals surface area contributed by atoms with Gasteiger partial charge in [-0.1, -0.05) is 40.5 Å². The molecule has 0 aromatic rings. The summed E-state index contributed by atoms with van der Waals surface area (Å²) in [5.41, 5.74) is 0. The average molecular weight is 315 g/mol. The third-order valence-electron chi connectivity index (χ3n) is 4.12. The van der Waals surface area contributed by atoms with Crippen LogP contribution >= 0.6 is 11.8 Å². The van der Waals surface area contributed by atoms with Gasteiger partial charge in [-0.2, -0.15) is 11.8 Å². The molecule has 1 heterocycles. The molecular weight excluding hydrogens is 280 g/mol. The molecule has 0 bridgehead atoms. The zero-order chi connectivity index (χ0) is 15.8. The Morgan fingerprint density at radius 3 is 2.38 bits per heavy atom. The highest BCUT2D eigenvalue weighted by molar-refractivity contribution is 7.98. The van der Waals surface area contributed by atoms with Crippen LogP contribution in [0.4, 0.5) is 0 Å². The Balaban J connectivity index is 2.43. The van der Waals surface area contributed by atoms with E-state index < -0.39 is 0 Å². The van der Waals surface area contributed by atoms with Crippen LogP contribution in [0.3, 0.4) is 0 Å². The molecule has 1 amide bonds. The Morgan fingerprint density at radius 1 is 1.14 bits per heavy atom. The minimum Gasteiger partial charge on any atom is -0.326 e. The van der Waals surface area contributed by atoms with Crippen LogP contribution in [0.15, 0.2) is 0 Å². The molecule has 3 nitrogen and oxygen atoms in total. The molecule has 2 unspecified atom stereocenters. The lowest BCUT2D eigenvalue weighted by Crippen LogP contribution is -2.42. The van der Waals surface area contributed by atoms with E-state index in [2.05, 4.69) is 44.2 Å². The van der Waals surface area contributed by atoms with Crippen LogP contribution in [0.2, 0.25) is 0 Å². The van der Waals surface area contributed by atoms with Gasteiger partial charge >= 0.3 is 0 Å². The molecule has 4 heteroatoms. The van der Waals surface area contributed by atoms with Crippen molar-refractivity contribution in [2.45, 2.75) is 72.0 Å². The highest BCUT2D eigenvalue weighted by Gasteiger charge is 2.39. The van der Waals surface area contributed by atoms with E-state index in [4.69, 9.17) is 0 Å². The van der Waals surface area contributed by atoms with Gasteiger partial charge in [-0.15, -0.1) is 0 Å². The highest BCUT2D eigenvalue weighted by Crippen LogP contribution is 2.22. The molecule has 0 spiro atoms. The van der Waals surface area contributed by atoms with E-state index in [9.17, 15) is 4.79 Å². The summed E-state index contributed by atoms with van der Waals surface area (Å²) in [6.45, 7) is 9.70. The van der Waals surface area contributed by atoms with Crippen molar-refractivity contribution in [1.29, 1.82) is 0 Å². The summed E-state index contributed by atoms with van der Waals surface area (Å²) in [5.74, 6) is 2.62. The van der Waals surface area contributed by atoms with E-state index in [0.717, 1.165) is 19.4 Å². The highest BCUT2D eigenvalue weighted by atomic mass is 32.2. The third-order valence-corrected chi connectivity index (χ3v) is 4.82. The lowest BCUT2D eigenvalue weighted by molar-refractivity contribution is -0.130. The number of carbonyl (C=O) groups excluding carboxylic acids is 1. The van der Waals surface area contributed by atoms with Gasteiger partial charge in [-0.05, 0) is 43.1 Å². The molecule has 0 aromatic carbocycles. The molecule has 21 heavy (non-hydrogen) atoms. The number of nitrogens with zero attached hydrogens (tertiary/aromatic N) is 1. The summed E-state index contributed by atoms with van der Waals surface area (Å²) in [4.78, 5) is 14.7. The second kappa shape index (κ2) is 9.73. The summed E-state index contributed by atoms with van der Waals surface area (Å²) in [6, 6.07) is 0.0360. The second-order valence-electron chi connectivity index (χ2n) is 6.98. The SMILES string of the molecule is CSCCCCCCN1C(=O)C(CC(C)C)NC1C(C)C. The average Bonchev–Trinajstić information content (AvgIpc) is 2.71. The summed E-state index contributed by atoms with van der Waals surface area (Å²) in [6.07, 6.45) is 8.31. The van der Waals surface area contributed by atoms with Crippen molar-refractivity contribution < 1.29 is 4.79 Å². The minimum atomic E-state index is 0.0360. The van der Waals surface area contributed by atoms with Crippen molar-refractivity contribution >= 4 is 17.7 Å². The van der Waals surface area contributed by atoms with Crippen LogP contribution in [0.1, 0.15) is 59.8 Å². The maximum atomic E-state index is 12.6. The van der Waals surface area contributed by atoms with Gasteiger partial charge in [0.15, 0.2) is 0 Å². The van der Waals surface area contributed by atoms with Crippen LogP contribution in [-0.2, 0) is 4.79 Å². The van der Waals surface area contributed by atoms with Crippen molar-refractivity contribution in [3.8, 4) is 0 Å². The summed E-state index contributed by atoms with van der Waals surface area (Å²) >= 11 is 1.92. The summed E-state index contributed by atoms with van der Waals surface area (Å²) in [7, 11) is 0. The zero-order valence-corrected chi connectivity index (χ0v) is 15.3. The van der Waals surface area contributed by atoms with E-state index in [1.54, 1.807) is 0 Å². The number of nitrogens with one attached hydrogen (secondary N) is 1. The predicted octanol–water partition coefficient (Wildman–Crippen LogP) is 3.74. The zero-order valence-electron chi connectivity index (χ0n) is 14.5. The second-order valence-corrected chi connectivity index (χ2v) is 7.96. The number of thioether (sulfide) groups is 1. The molecule has 1 saturated heterocycles. The number of hydrogen-bond acceptors (Lipinski definition) is 3. The molecule has 0 saturated carbocycles. The third kappa shape index (κ3) is 6.19. The van der Waals surface area contributed by atoms with Gasteiger partial charge < -0.3 is 4.90 Å². The minimum absolute atomic E-state index is 0.0360. The fourth-order valence-electron chi connectivity index (χ4n) is 3.03. The van der Waals surface area contributed by atoms with Crippen molar-refractivity contribution in [2.24, 2.45) is 11.8 Å². The lowest BCUT2D eigenvalue weighted by atomic mass is 10.0. The monoisotopic (exact) mass is 314 g/mol. The smallest absolute Gasteiger partial charge is 0.241 e. The first kappa shape index (κ1) is 18.8. The maximum absolute atomic E-state index is 12.6. The molecule has 0 radical (unpaired) electrons. The topological polar surface area (TPSA) is 32.3 Å². The lowest BCUT2D eigenvalue weighted by Gasteiger charge is -2.27. The van der Waals surface area contributed by atoms with Crippen LogP contribution in [-0.4, -0.2) is 41.6 Å². The summed E-state index contributed by atoms with van der Waals surface area (Å²) < 4.78 is 0. The largest absolute Gasteiger partial charge is 0.326 e. The number of unbranched alkanes of at least 4 members (excludes halogenated alkanes) is 3. The fourth-order valence-corrected chi connectivity index (χ4v) is 3.52. The Morgan fingerprint density at radius 2 is 1.81 bits per heavy atom. The number of amides is 1. The normalized spacial score (nSPS) is 22.8. The molecule has 124 valence electrons. The van der Waals surface area contributed by atoms with Crippen molar-refractivity contribution in [2.75, 3.05) is 18.6 Å². The quantitative estimate of drug-likeness (QED) is 0.624. The first-order valence-electron chi connectivity index (χ1n) is 8.52. The van der Waals surface area contributed by atoms with E-state index in [1.807, 2.05) is 11.8 Å². The van der Waals surface area contributed by atoms with Gasteiger partial charge in [0.05, 0.1) is 12.2 Å². The van der Waals surface area contributed by atoms with E-state index in [-0.39, 0.29) is 12.2 Å². The van der Waals surface area contributed by atoms with Crippen LogP contribution in [0.5, 0.6) is 0 Å². The van der Waals surface area contributed by atoms with Gasteiger partial charge in [-0.3, -0.25) is 10.1 Å². The predicted molar refractivity (Wildman–Crippen MR) is 93.6 cm³/mol. The van der Waals surface area contributed by atoms with E-state index in [0.29, 0.717) is 17.7 Å². The van der Waals surface area contributed by atoms with Gasteiger partial charge in [0.25, 0.3) is 0 Å². The number of carbonyl (C=O) groups is 1. The molecule has 1 N–H and O–H groups in total. The molecule has 0 aliphatic carbocycles. The first-order chi connectivity index (χ1) is 9.97. The van der Waals surface area contributed by atoms with Crippen LogP contribution in [0.25, 0.3) is 0 Å². The Labute approximate surface area is 135 Å². The van der Waals surface area contributed by atoms with Crippen molar-refractivity contribution in [3.63, 3.8) is 0 Å². The van der Waals surface area contributed by atoms with Gasteiger partial charge in [-0.25, -0.2) is 0 Å². The molecule has 2 atom stereocenters. The maximum Gasteiger partial charge on any atom is 0.241 e.